The quantitative estimate of drug-likeness (QED) is 0.701. The summed E-state index contributed by atoms with van der Waals surface area (Å²) in [6, 6.07) is 12.4. The van der Waals surface area contributed by atoms with Gasteiger partial charge in [-0.15, -0.1) is 0 Å². The van der Waals surface area contributed by atoms with Gasteiger partial charge in [0.05, 0.1) is 11.0 Å². The molecule has 0 saturated carbocycles. The Morgan fingerprint density at radius 3 is 2.41 bits per heavy atom. The number of amides is 1. The predicted molar refractivity (Wildman–Crippen MR) is 103 cm³/mol. The number of hydrogen-bond acceptors (Lipinski definition) is 3. The number of fused-ring (bicyclic) bond motifs is 1. The van der Waals surface area contributed by atoms with Crippen molar-refractivity contribution in [3.05, 3.63) is 75.7 Å². The topological polar surface area (TPSA) is 64.0 Å². The van der Waals surface area contributed by atoms with Crippen LogP contribution in [0.25, 0.3) is 11.0 Å². The molecule has 8 heteroatoms. The molecular weight excluding hydrogens is 383 g/mol. The SMILES string of the molecule is CC[C@H](C(=O)NCc1ccc(C)cc1)n1c(=O)c(C(F)(F)F)nc2ccccc21. The van der Waals surface area contributed by atoms with Crippen molar-refractivity contribution in [3.63, 3.8) is 0 Å². The number of para-hydroxylation sites is 2. The maximum atomic E-state index is 13.4. The summed E-state index contributed by atoms with van der Waals surface area (Å²) < 4.78 is 41.0. The first kappa shape index (κ1) is 20.6. The fraction of sp³-hybridized carbons (Fsp3) is 0.286. The van der Waals surface area contributed by atoms with Crippen molar-refractivity contribution in [2.24, 2.45) is 0 Å². The Hall–Kier alpha value is -3.16. The zero-order valence-corrected chi connectivity index (χ0v) is 16.0. The van der Waals surface area contributed by atoms with Gasteiger partial charge in [-0.05, 0) is 31.0 Å². The Bertz CT molecular complexity index is 1090. The second kappa shape index (κ2) is 8.06. The molecule has 0 aliphatic carbocycles. The standard InChI is InChI=1S/C21H20F3N3O2/c1-3-16(19(28)25-12-14-10-8-13(2)9-11-14)27-17-7-5-4-6-15(17)26-18(20(27)29)21(22,23)24/h4-11,16H,3,12H2,1-2H3,(H,25,28)/t16-/m1/s1. The fourth-order valence-corrected chi connectivity index (χ4v) is 3.15. The summed E-state index contributed by atoms with van der Waals surface area (Å²) in [5.41, 5.74) is -0.746. The molecule has 3 rings (SSSR count). The van der Waals surface area contributed by atoms with Crippen LogP contribution in [0, 0.1) is 6.92 Å². The number of benzene rings is 2. The third-order valence-corrected chi connectivity index (χ3v) is 4.65. The van der Waals surface area contributed by atoms with Crippen molar-refractivity contribution in [1.29, 1.82) is 0 Å². The molecule has 29 heavy (non-hydrogen) atoms. The predicted octanol–water partition coefficient (Wildman–Crippen LogP) is 3.99. The number of rotatable bonds is 5. The van der Waals surface area contributed by atoms with E-state index in [0.717, 1.165) is 15.7 Å². The van der Waals surface area contributed by atoms with Crippen molar-refractivity contribution in [2.75, 3.05) is 0 Å². The monoisotopic (exact) mass is 403 g/mol. The van der Waals surface area contributed by atoms with Crippen molar-refractivity contribution in [3.8, 4) is 0 Å². The largest absolute Gasteiger partial charge is 0.438 e. The number of hydrogen-bond donors (Lipinski definition) is 1. The van der Waals surface area contributed by atoms with Gasteiger partial charge in [0.1, 0.15) is 6.04 Å². The number of nitrogens with zero attached hydrogens (tertiary/aromatic N) is 2. The van der Waals surface area contributed by atoms with Gasteiger partial charge < -0.3 is 5.32 Å². The smallest absolute Gasteiger partial charge is 0.350 e. The molecule has 152 valence electrons. The second-order valence-corrected chi connectivity index (χ2v) is 6.75. The van der Waals surface area contributed by atoms with E-state index in [1.54, 1.807) is 13.0 Å². The molecule has 5 nitrogen and oxygen atoms in total. The Morgan fingerprint density at radius 1 is 1.14 bits per heavy atom. The molecule has 1 N–H and O–H groups in total. The molecule has 0 fully saturated rings. The molecule has 1 atom stereocenters. The lowest BCUT2D eigenvalue weighted by Crippen LogP contribution is -2.39. The highest BCUT2D eigenvalue weighted by atomic mass is 19.4. The van der Waals surface area contributed by atoms with Gasteiger partial charge in [-0.3, -0.25) is 14.2 Å². The zero-order chi connectivity index (χ0) is 21.2. The molecule has 0 bridgehead atoms. The van der Waals surface area contributed by atoms with Crippen molar-refractivity contribution < 1.29 is 18.0 Å². The van der Waals surface area contributed by atoms with E-state index in [1.165, 1.54) is 18.2 Å². The lowest BCUT2D eigenvalue weighted by Gasteiger charge is -2.21. The van der Waals surface area contributed by atoms with Gasteiger partial charge in [-0.2, -0.15) is 13.2 Å². The molecule has 0 aliphatic rings. The summed E-state index contributed by atoms with van der Waals surface area (Å²) in [7, 11) is 0. The Labute approximate surface area is 165 Å². The highest BCUT2D eigenvalue weighted by Gasteiger charge is 2.38. The Morgan fingerprint density at radius 2 is 1.79 bits per heavy atom. The van der Waals surface area contributed by atoms with Gasteiger partial charge in [-0.1, -0.05) is 48.9 Å². The molecule has 0 radical (unpaired) electrons. The second-order valence-electron chi connectivity index (χ2n) is 6.75. The molecule has 1 amide bonds. The zero-order valence-electron chi connectivity index (χ0n) is 16.0. The molecule has 0 unspecified atom stereocenters. The third kappa shape index (κ3) is 4.31. The Kier molecular flexibility index (Phi) is 5.72. The van der Waals surface area contributed by atoms with Gasteiger partial charge in [0.15, 0.2) is 0 Å². The summed E-state index contributed by atoms with van der Waals surface area (Å²) in [5, 5.41) is 2.72. The van der Waals surface area contributed by atoms with Crippen LogP contribution in [0.3, 0.4) is 0 Å². The molecule has 1 heterocycles. The van der Waals surface area contributed by atoms with Gasteiger partial charge in [0.2, 0.25) is 11.6 Å². The molecule has 0 spiro atoms. The highest BCUT2D eigenvalue weighted by molar-refractivity contribution is 5.83. The maximum Gasteiger partial charge on any atom is 0.438 e. The van der Waals surface area contributed by atoms with E-state index in [0.29, 0.717) is 0 Å². The van der Waals surface area contributed by atoms with Crippen LogP contribution in [0.4, 0.5) is 13.2 Å². The Balaban J connectivity index is 2.01. The average molecular weight is 403 g/mol. The summed E-state index contributed by atoms with van der Waals surface area (Å²) in [6.07, 6.45) is -4.77. The van der Waals surface area contributed by atoms with Gasteiger partial charge in [0.25, 0.3) is 5.56 Å². The van der Waals surface area contributed by atoms with Crippen molar-refractivity contribution >= 4 is 16.9 Å². The normalized spacial score (nSPS) is 12.7. The number of aromatic nitrogens is 2. The fourth-order valence-electron chi connectivity index (χ4n) is 3.15. The lowest BCUT2D eigenvalue weighted by molar-refractivity contribution is -0.142. The molecule has 2 aromatic carbocycles. The van der Waals surface area contributed by atoms with E-state index in [-0.39, 0.29) is 24.0 Å². The number of carbonyl (C=O) groups is 1. The number of carbonyl (C=O) groups excluding carboxylic acids is 1. The lowest BCUT2D eigenvalue weighted by atomic mass is 10.1. The van der Waals surface area contributed by atoms with Crippen LogP contribution in [-0.2, 0) is 17.5 Å². The van der Waals surface area contributed by atoms with Gasteiger partial charge >= 0.3 is 6.18 Å². The van der Waals surface area contributed by atoms with E-state index < -0.39 is 29.4 Å². The minimum absolute atomic E-state index is 0.00390. The maximum absolute atomic E-state index is 13.4. The molecular formula is C21H20F3N3O2. The van der Waals surface area contributed by atoms with Crippen LogP contribution in [0.15, 0.2) is 53.3 Å². The first-order chi connectivity index (χ1) is 13.7. The minimum Gasteiger partial charge on any atom is -0.350 e. The van der Waals surface area contributed by atoms with Crippen molar-refractivity contribution in [1.82, 2.24) is 14.9 Å². The van der Waals surface area contributed by atoms with E-state index in [4.69, 9.17) is 0 Å². The third-order valence-electron chi connectivity index (χ3n) is 4.65. The summed E-state index contributed by atoms with van der Waals surface area (Å²) in [6.45, 7) is 3.79. The van der Waals surface area contributed by atoms with Crippen molar-refractivity contribution in [2.45, 2.75) is 39.0 Å². The number of halogens is 3. The van der Waals surface area contributed by atoms with E-state index in [1.807, 2.05) is 31.2 Å². The minimum atomic E-state index is -4.92. The van der Waals surface area contributed by atoms with Crippen LogP contribution in [0.2, 0.25) is 0 Å². The van der Waals surface area contributed by atoms with E-state index >= 15 is 0 Å². The van der Waals surface area contributed by atoms with Crippen LogP contribution in [-0.4, -0.2) is 15.5 Å². The molecule has 3 aromatic rings. The van der Waals surface area contributed by atoms with Gasteiger partial charge in [0, 0.05) is 6.54 Å². The first-order valence-corrected chi connectivity index (χ1v) is 9.14. The van der Waals surface area contributed by atoms with Crippen LogP contribution in [0.1, 0.15) is 36.2 Å². The van der Waals surface area contributed by atoms with E-state index in [9.17, 15) is 22.8 Å². The average Bonchev–Trinajstić information content (AvgIpc) is 2.68. The summed E-state index contributed by atoms with van der Waals surface area (Å²) in [5.74, 6) is -0.528. The number of alkyl halides is 3. The van der Waals surface area contributed by atoms with Gasteiger partial charge in [-0.25, -0.2) is 4.98 Å². The van der Waals surface area contributed by atoms with Crippen LogP contribution < -0.4 is 10.9 Å². The first-order valence-electron chi connectivity index (χ1n) is 9.14. The number of aryl methyl sites for hydroxylation is 1. The van der Waals surface area contributed by atoms with Crippen LogP contribution >= 0.6 is 0 Å². The van der Waals surface area contributed by atoms with E-state index in [2.05, 4.69) is 10.3 Å². The number of nitrogens with one attached hydrogen (secondary N) is 1. The molecule has 1 aromatic heterocycles. The molecule has 0 saturated heterocycles. The molecule has 0 aliphatic heterocycles. The highest BCUT2D eigenvalue weighted by Crippen LogP contribution is 2.27. The van der Waals surface area contributed by atoms with Crippen LogP contribution in [0.5, 0.6) is 0 Å². The summed E-state index contributed by atoms with van der Waals surface area (Å²) in [4.78, 5) is 28.9. The summed E-state index contributed by atoms with van der Waals surface area (Å²) >= 11 is 0.